The Balaban J connectivity index is 1.90. The number of nitrogens with one attached hydrogen (secondary N) is 1. The standard InChI is InChI=1S/C14H7Cl2NO2S2/c15-9-3-1-7(5-10(9)16)11-4-2-8(19-11)6-12-13(20)17-14(18)21-12/h1-6H,(H,17,18,20). The van der Waals surface area contributed by atoms with Crippen molar-refractivity contribution in [2.24, 2.45) is 0 Å². The fraction of sp³-hybridized carbons (Fsp3) is 0. The van der Waals surface area contributed by atoms with E-state index < -0.39 is 0 Å². The van der Waals surface area contributed by atoms with Crippen LogP contribution in [0.15, 0.2) is 39.7 Å². The Labute approximate surface area is 140 Å². The van der Waals surface area contributed by atoms with Gasteiger partial charge >= 0.3 is 0 Å². The summed E-state index contributed by atoms with van der Waals surface area (Å²) in [5, 5.41) is 3.33. The van der Waals surface area contributed by atoms with E-state index in [4.69, 9.17) is 39.8 Å². The molecule has 3 rings (SSSR count). The first-order valence-corrected chi connectivity index (χ1v) is 7.81. The van der Waals surface area contributed by atoms with Crippen LogP contribution < -0.4 is 5.32 Å². The van der Waals surface area contributed by atoms with E-state index in [9.17, 15) is 4.79 Å². The zero-order chi connectivity index (χ0) is 15.0. The van der Waals surface area contributed by atoms with Crippen LogP contribution in [0.4, 0.5) is 4.79 Å². The molecule has 1 amide bonds. The highest BCUT2D eigenvalue weighted by Crippen LogP contribution is 2.31. The molecule has 0 aliphatic carbocycles. The second-order valence-electron chi connectivity index (χ2n) is 4.18. The Morgan fingerprint density at radius 2 is 2.00 bits per heavy atom. The highest BCUT2D eigenvalue weighted by molar-refractivity contribution is 8.19. The molecule has 0 saturated carbocycles. The van der Waals surface area contributed by atoms with Crippen molar-refractivity contribution in [2.45, 2.75) is 0 Å². The molecular weight excluding hydrogens is 349 g/mol. The van der Waals surface area contributed by atoms with E-state index in [-0.39, 0.29) is 5.24 Å². The van der Waals surface area contributed by atoms with Crippen LogP contribution >= 0.6 is 47.2 Å². The molecule has 0 atom stereocenters. The maximum absolute atomic E-state index is 11.2. The van der Waals surface area contributed by atoms with Gasteiger partial charge in [-0.1, -0.05) is 35.4 Å². The van der Waals surface area contributed by atoms with E-state index in [1.807, 2.05) is 12.1 Å². The van der Waals surface area contributed by atoms with Crippen LogP contribution in [-0.4, -0.2) is 10.2 Å². The van der Waals surface area contributed by atoms with Gasteiger partial charge in [-0.2, -0.15) is 0 Å². The number of hydrogen-bond donors (Lipinski definition) is 1. The molecule has 21 heavy (non-hydrogen) atoms. The Morgan fingerprint density at radius 3 is 2.67 bits per heavy atom. The van der Waals surface area contributed by atoms with Crippen LogP contribution in [0, 0.1) is 0 Å². The largest absolute Gasteiger partial charge is 0.457 e. The molecule has 2 heterocycles. The Kier molecular flexibility index (Phi) is 4.08. The van der Waals surface area contributed by atoms with E-state index in [1.165, 1.54) is 0 Å². The van der Waals surface area contributed by atoms with Crippen LogP contribution in [0.2, 0.25) is 10.0 Å². The fourth-order valence-corrected chi connectivity index (χ4v) is 3.10. The van der Waals surface area contributed by atoms with Crippen molar-refractivity contribution in [3.63, 3.8) is 0 Å². The number of carbonyl (C=O) groups excluding carboxylic acids is 1. The molecule has 1 N–H and O–H groups in total. The minimum Gasteiger partial charge on any atom is -0.457 e. The van der Waals surface area contributed by atoms with Crippen LogP contribution in [0.1, 0.15) is 5.76 Å². The maximum atomic E-state index is 11.2. The zero-order valence-corrected chi connectivity index (χ0v) is 13.5. The number of rotatable bonds is 2. The predicted molar refractivity (Wildman–Crippen MR) is 90.9 cm³/mol. The molecule has 0 radical (unpaired) electrons. The quantitative estimate of drug-likeness (QED) is 0.580. The van der Waals surface area contributed by atoms with Gasteiger partial charge in [0.25, 0.3) is 5.24 Å². The van der Waals surface area contributed by atoms with Gasteiger partial charge in [-0.05, 0) is 48.2 Å². The van der Waals surface area contributed by atoms with Crippen molar-refractivity contribution in [3.8, 4) is 11.3 Å². The van der Waals surface area contributed by atoms with E-state index in [1.54, 1.807) is 24.3 Å². The average molecular weight is 356 g/mol. The number of benzene rings is 1. The first-order valence-electron chi connectivity index (χ1n) is 5.83. The van der Waals surface area contributed by atoms with Crippen molar-refractivity contribution in [1.82, 2.24) is 5.32 Å². The fourth-order valence-electron chi connectivity index (χ4n) is 1.79. The number of halogens is 2. The topological polar surface area (TPSA) is 42.2 Å². The van der Waals surface area contributed by atoms with Gasteiger partial charge in [0.05, 0.1) is 15.0 Å². The summed E-state index contributed by atoms with van der Waals surface area (Å²) in [7, 11) is 0. The highest BCUT2D eigenvalue weighted by atomic mass is 35.5. The lowest BCUT2D eigenvalue weighted by molar-refractivity contribution is 0.265. The summed E-state index contributed by atoms with van der Waals surface area (Å²) in [5.41, 5.74) is 0.824. The van der Waals surface area contributed by atoms with E-state index in [0.717, 1.165) is 17.3 Å². The molecule has 106 valence electrons. The Hall–Kier alpha value is -1.27. The monoisotopic (exact) mass is 355 g/mol. The lowest BCUT2D eigenvalue weighted by Crippen LogP contribution is -2.15. The van der Waals surface area contributed by atoms with E-state index in [0.29, 0.717) is 31.5 Å². The minimum atomic E-state index is -0.178. The van der Waals surface area contributed by atoms with E-state index in [2.05, 4.69) is 5.32 Å². The Morgan fingerprint density at radius 1 is 1.19 bits per heavy atom. The van der Waals surface area contributed by atoms with Crippen molar-refractivity contribution in [1.29, 1.82) is 0 Å². The van der Waals surface area contributed by atoms with Crippen LogP contribution in [0.25, 0.3) is 17.4 Å². The van der Waals surface area contributed by atoms with E-state index >= 15 is 0 Å². The second kappa shape index (κ2) is 5.85. The van der Waals surface area contributed by atoms with Crippen molar-refractivity contribution >= 4 is 63.5 Å². The molecule has 1 aromatic heterocycles. The summed E-state index contributed by atoms with van der Waals surface area (Å²) in [6.07, 6.45) is 1.73. The third kappa shape index (κ3) is 3.16. The van der Waals surface area contributed by atoms with Gasteiger partial charge in [-0.25, -0.2) is 0 Å². The third-order valence-electron chi connectivity index (χ3n) is 2.75. The molecule has 1 aromatic carbocycles. The first-order chi connectivity index (χ1) is 10.0. The van der Waals surface area contributed by atoms with Crippen LogP contribution in [-0.2, 0) is 0 Å². The number of amides is 1. The number of hydrogen-bond acceptors (Lipinski definition) is 4. The van der Waals surface area contributed by atoms with Crippen LogP contribution in [0.5, 0.6) is 0 Å². The summed E-state index contributed by atoms with van der Waals surface area (Å²) in [6.45, 7) is 0. The molecular formula is C14H7Cl2NO2S2. The predicted octanol–water partition coefficient (Wildman–Crippen LogP) is 5.38. The Bertz CT molecular complexity index is 783. The SMILES string of the molecule is O=C1NC(=S)C(=Cc2ccc(-c3ccc(Cl)c(Cl)c3)o2)S1. The lowest BCUT2D eigenvalue weighted by atomic mass is 10.2. The van der Waals surface area contributed by atoms with Gasteiger partial charge in [0.2, 0.25) is 0 Å². The lowest BCUT2D eigenvalue weighted by Gasteiger charge is -1.99. The molecule has 0 bridgehead atoms. The summed E-state index contributed by atoms with van der Waals surface area (Å²) in [4.78, 5) is 12.3. The molecule has 3 nitrogen and oxygen atoms in total. The van der Waals surface area contributed by atoms with Crippen molar-refractivity contribution in [3.05, 3.63) is 51.0 Å². The number of thiocarbonyl (C=S) groups is 1. The zero-order valence-electron chi connectivity index (χ0n) is 10.4. The molecule has 1 saturated heterocycles. The van der Waals surface area contributed by atoms with Gasteiger partial charge in [0.1, 0.15) is 16.5 Å². The van der Waals surface area contributed by atoms with Crippen LogP contribution in [0.3, 0.4) is 0 Å². The third-order valence-corrected chi connectivity index (χ3v) is 4.77. The smallest absolute Gasteiger partial charge is 0.289 e. The highest BCUT2D eigenvalue weighted by Gasteiger charge is 2.22. The molecule has 1 fully saturated rings. The normalized spacial score (nSPS) is 16.6. The van der Waals surface area contributed by atoms with Gasteiger partial charge in [-0.15, -0.1) is 0 Å². The number of thioether (sulfide) groups is 1. The molecule has 0 spiro atoms. The maximum Gasteiger partial charge on any atom is 0.289 e. The number of furan rings is 1. The van der Waals surface area contributed by atoms with Crippen molar-refractivity contribution < 1.29 is 9.21 Å². The molecule has 1 aliphatic heterocycles. The average Bonchev–Trinajstić information content (AvgIpc) is 3.01. The number of carbonyl (C=O) groups is 1. The minimum absolute atomic E-state index is 0.178. The summed E-state index contributed by atoms with van der Waals surface area (Å²) >= 11 is 18.0. The van der Waals surface area contributed by atoms with Crippen molar-refractivity contribution in [2.75, 3.05) is 0 Å². The molecule has 1 aliphatic rings. The summed E-state index contributed by atoms with van der Waals surface area (Å²) in [5.74, 6) is 1.27. The second-order valence-corrected chi connectivity index (χ2v) is 6.42. The molecule has 7 heteroatoms. The van der Waals surface area contributed by atoms with Gasteiger partial charge in [0.15, 0.2) is 0 Å². The first kappa shape index (κ1) is 14.7. The molecule has 2 aromatic rings. The van der Waals surface area contributed by atoms with Gasteiger partial charge < -0.3 is 9.73 Å². The van der Waals surface area contributed by atoms with Gasteiger partial charge in [0, 0.05) is 5.56 Å². The summed E-state index contributed by atoms with van der Waals surface area (Å²) < 4.78 is 5.72. The summed E-state index contributed by atoms with van der Waals surface area (Å²) in [6, 6.07) is 8.90. The molecule has 0 unspecified atom stereocenters. The van der Waals surface area contributed by atoms with Gasteiger partial charge in [-0.3, -0.25) is 4.79 Å².